The summed E-state index contributed by atoms with van der Waals surface area (Å²) in [5, 5.41) is 0. The molecule has 3 rings (SSSR count). The normalized spacial score (nSPS) is 40.6. The van der Waals surface area contributed by atoms with Crippen LogP contribution in [0.3, 0.4) is 0 Å². The number of rotatable bonds is 0. The molecule has 0 amide bonds. The number of carbonyl (C=O) groups is 1. The van der Waals surface area contributed by atoms with Crippen LogP contribution < -0.4 is 0 Å². The Morgan fingerprint density at radius 1 is 1.27 bits per heavy atom. The van der Waals surface area contributed by atoms with Crippen molar-refractivity contribution in [3.63, 3.8) is 0 Å². The van der Waals surface area contributed by atoms with Gasteiger partial charge in [0.2, 0.25) is 0 Å². The van der Waals surface area contributed by atoms with Crippen molar-refractivity contribution in [2.24, 2.45) is 16.2 Å². The van der Waals surface area contributed by atoms with E-state index in [1.165, 1.54) is 12.0 Å². The first kappa shape index (κ1) is 10.9. The molecule has 0 aromatic heterocycles. The predicted octanol–water partition coefficient (Wildman–Crippen LogP) is 3.74. The standard InChI is InChI=1S/C14H22O/c1-10-8-14(12(2,3)4)7-6-13(10,5)9-11(14)15/h8H,6-7,9H2,1-5H3/t13-,14+/m0/s1. The van der Waals surface area contributed by atoms with Crippen LogP contribution in [-0.2, 0) is 4.79 Å². The molecule has 0 aromatic carbocycles. The first-order valence-corrected chi connectivity index (χ1v) is 5.95. The fourth-order valence-corrected chi connectivity index (χ4v) is 3.26. The number of Topliss-reactive ketones (excluding diaryl/α,β-unsaturated/α-hetero) is 1. The third kappa shape index (κ3) is 1.25. The monoisotopic (exact) mass is 206 g/mol. The van der Waals surface area contributed by atoms with Crippen molar-refractivity contribution in [1.82, 2.24) is 0 Å². The lowest BCUT2D eigenvalue weighted by molar-refractivity contribution is -0.140. The van der Waals surface area contributed by atoms with E-state index in [0.717, 1.165) is 12.8 Å². The molecule has 15 heavy (non-hydrogen) atoms. The molecule has 1 saturated carbocycles. The average Bonchev–Trinajstić information content (AvgIpc) is 2.06. The van der Waals surface area contributed by atoms with E-state index in [9.17, 15) is 4.79 Å². The van der Waals surface area contributed by atoms with Gasteiger partial charge in [0.25, 0.3) is 0 Å². The molecule has 1 fully saturated rings. The SMILES string of the molecule is CC1=C[C@]2(C(C)(C)C)CC[C@@]1(C)CC2=O. The Kier molecular flexibility index (Phi) is 2.00. The summed E-state index contributed by atoms with van der Waals surface area (Å²) in [4.78, 5) is 12.3. The van der Waals surface area contributed by atoms with Crippen LogP contribution in [0.15, 0.2) is 11.6 Å². The first-order chi connectivity index (χ1) is 6.71. The van der Waals surface area contributed by atoms with E-state index in [-0.39, 0.29) is 16.2 Å². The zero-order valence-electron chi connectivity index (χ0n) is 10.6. The molecule has 0 unspecified atom stereocenters. The Morgan fingerprint density at radius 3 is 2.27 bits per heavy atom. The number of fused-ring (bicyclic) bond motifs is 2. The zero-order chi connectivity index (χ0) is 11.5. The Hall–Kier alpha value is -0.590. The van der Waals surface area contributed by atoms with E-state index in [1.807, 2.05) is 0 Å². The van der Waals surface area contributed by atoms with Gasteiger partial charge in [-0.15, -0.1) is 0 Å². The van der Waals surface area contributed by atoms with Crippen molar-refractivity contribution in [3.8, 4) is 0 Å². The third-order valence-corrected chi connectivity index (χ3v) is 4.87. The number of carbonyl (C=O) groups excluding carboxylic acids is 1. The molecular formula is C14H22O. The van der Waals surface area contributed by atoms with Crippen molar-refractivity contribution < 1.29 is 4.79 Å². The van der Waals surface area contributed by atoms with Crippen LogP contribution in [0.4, 0.5) is 0 Å². The highest BCUT2D eigenvalue weighted by Gasteiger charge is 2.56. The zero-order valence-corrected chi connectivity index (χ0v) is 10.6. The quantitative estimate of drug-likeness (QED) is 0.552. The van der Waals surface area contributed by atoms with Crippen molar-refractivity contribution in [1.29, 1.82) is 0 Å². The molecule has 3 aliphatic carbocycles. The van der Waals surface area contributed by atoms with Gasteiger partial charge in [-0.1, -0.05) is 39.3 Å². The minimum Gasteiger partial charge on any atom is -0.299 e. The largest absolute Gasteiger partial charge is 0.299 e. The van der Waals surface area contributed by atoms with Crippen LogP contribution in [0.25, 0.3) is 0 Å². The van der Waals surface area contributed by atoms with Gasteiger partial charge in [-0.05, 0) is 30.6 Å². The third-order valence-electron chi connectivity index (χ3n) is 4.87. The molecule has 1 heteroatoms. The predicted molar refractivity (Wildman–Crippen MR) is 62.6 cm³/mol. The fraction of sp³-hybridized carbons (Fsp3) is 0.786. The summed E-state index contributed by atoms with van der Waals surface area (Å²) in [6.07, 6.45) is 5.26. The molecule has 0 heterocycles. The Balaban J connectivity index is 2.56. The van der Waals surface area contributed by atoms with Gasteiger partial charge < -0.3 is 0 Å². The van der Waals surface area contributed by atoms with Crippen molar-refractivity contribution in [2.75, 3.05) is 0 Å². The van der Waals surface area contributed by atoms with Gasteiger partial charge in [0.05, 0.1) is 5.41 Å². The number of hydrogen-bond acceptors (Lipinski definition) is 1. The smallest absolute Gasteiger partial charge is 0.144 e. The number of allylic oxidation sites excluding steroid dienone is 2. The first-order valence-electron chi connectivity index (χ1n) is 5.95. The molecule has 2 atom stereocenters. The van der Waals surface area contributed by atoms with Gasteiger partial charge in [0.1, 0.15) is 5.78 Å². The molecule has 0 saturated heterocycles. The lowest BCUT2D eigenvalue weighted by atomic mass is 9.48. The summed E-state index contributed by atoms with van der Waals surface area (Å²) in [6, 6.07) is 0. The maximum absolute atomic E-state index is 12.3. The van der Waals surface area contributed by atoms with Crippen LogP contribution in [0.1, 0.15) is 53.9 Å². The van der Waals surface area contributed by atoms with E-state index in [1.54, 1.807) is 0 Å². The topological polar surface area (TPSA) is 17.1 Å². The molecule has 0 N–H and O–H groups in total. The lowest BCUT2D eigenvalue weighted by Gasteiger charge is -2.54. The van der Waals surface area contributed by atoms with Crippen LogP contribution >= 0.6 is 0 Å². The molecule has 2 bridgehead atoms. The average molecular weight is 206 g/mol. The number of hydrogen-bond donors (Lipinski definition) is 0. The minimum atomic E-state index is -0.172. The Morgan fingerprint density at radius 2 is 1.87 bits per heavy atom. The molecule has 0 radical (unpaired) electrons. The highest BCUT2D eigenvalue weighted by Crippen LogP contribution is 2.59. The van der Waals surface area contributed by atoms with Gasteiger partial charge in [-0.2, -0.15) is 0 Å². The van der Waals surface area contributed by atoms with Gasteiger partial charge >= 0.3 is 0 Å². The second-order valence-corrected chi connectivity index (χ2v) is 6.71. The second kappa shape index (κ2) is 2.75. The van der Waals surface area contributed by atoms with Crippen LogP contribution in [0, 0.1) is 16.2 Å². The van der Waals surface area contributed by atoms with Crippen molar-refractivity contribution in [3.05, 3.63) is 11.6 Å². The second-order valence-electron chi connectivity index (χ2n) is 6.71. The van der Waals surface area contributed by atoms with E-state index in [2.05, 4.69) is 40.7 Å². The van der Waals surface area contributed by atoms with Gasteiger partial charge in [0.15, 0.2) is 0 Å². The van der Waals surface area contributed by atoms with Gasteiger partial charge in [-0.3, -0.25) is 4.79 Å². The summed E-state index contributed by atoms with van der Waals surface area (Å²) in [6.45, 7) is 11.0. The van der Waals surface area contributed by atoms with E-state index in [0.29, 0.717) is 5.78 Å². The van der Waals surface area contributed by atoms with E-state index < -0.39 is 0 Å². The molecule has 0 aliphatic heterocycles. The summed E-state index contributed by atoms with van der Waals surface area (Å²) in [5.41, 5.74) is 1.50. The van der Waals surface area contributed by atoms with E-state index in [4.69, 9.17) is 0 Å². The Labute approximate surface area is 92.9 Å². The van der Waals surface area contributed by atoms with Crippen LogP contribution in [-0.4, -0.2) is 5.78 Å². The van der Waals surface area contributed by atoms with Gasteiger partial charge in [-0.25, -0.2) is 0 Å². The fourth-order valence-electron chi connectivity index (χ4n) is 3.26. The highest BCUT2D eigenvalue weighted by molar-refractivity contribution is 5.91. The summed E-state index contributed by atoms with van der Waals surface area (Å²) < 4.78 is 0. The maximum atomic E-state index is 12.3. The molecular weight excluding hydrogens is 184 g/mol. The molecule has 0 spiro atoms. The molecule has 1 nitrogen and oxygen atoms in total. The van der Waals surface area contributed by atoms with Crippen LogP contribution in [0.5, 0.6) is 0 Å². The number of ketones is 1. The lowest BCUT2D eigenvalue weighted by Crippen LogP contribution is -2.52. The molecule has 84 valence electrons. The summed E-state index contributed by atoms with van der Waals surface area (Å²) >= 11 is 0. The Bertz CT molecular complexity index is 345. The van der Waals surface area contributed by atoms with E-state index >= 15 is 0 Å². The van der Waals surface area contributed by atoms with Crippen LogP contribution in [0.2, 0.25) is 0 Å². The van der Waals surface area contributed by atoms with Crippen molar-refractivity contribution >= 4 is 5.78 Å². The molecule has 0 aromatic rings. The highest BCUT2D eigenvalue weighted by atomic mass is 16.1. The molecule has 3 aliphatic rings. The minimum absolute atomic E-state index is 0.0626. The van der Waals surface area contributed by atoms with Gasteiger partial charge in [0, 0.05) is 6.42 Å². The maximum Gasteiger partial charge on any atom is 0.144 e. The summed E-state index contributed by atoms with van der Waals surface area (Å²) in [5.74, 6) is 0.467. The van der Waals surface area contributed by atoms with Crippen molar-refractivity contribution in [2.45, 2.75) is 53.9 Å². The summed E-state index contributed by atoms with van der Waals surface area (Å²) in [7, 11) is 0.